The van der Waals surface area contributed by atoms with E-state index in [0.29, 0.717) is 12.8 Å². The summed E-state index contributed by atoms with van der Waals surface area (Å²) in [6.45, 7) is 0. The zero-order chi connectivity index (χ0) is 17.6. The van der Waals surface area contributed by atoms with Gasteiger partial charge < -0.3 is 9.47 Å². The predicted molar refractivity (Wildman–Crippen MR) is 94.9 cm³/mol. The van der Waals surface area contributed by atoms with Crippen molar-refractivity contribution in [3.63, 3.8) is 0 Å². The molecule has 3 rings (SSSR count). The van der Waals surface area contributed by atoms with E-state index in [9.17, 15) is 9.59 Å². The van der Waals surface area contributed by atoms with E-state index in [1.165, 1.54) is 12.7 Å². The first-order chi connectivity index (χ1) is 12.2. The largest absolute Gasteiger partial charge is 0.469 e. The Morgan fingerprint density at radius 1 is 0.920 bits per heavy atom. The van der Waals surface area contributed by atoms with Crippen LogP contribution < -0.4 is 0 Å². The number of methoxy groups -OCH3 is 1. The molecule has 1 fully saturated rings. The summed E-state index contributed by atoms with van der Waals surface area (Å²) >= 11 is 0. The van der Waals surface area contributed by atoms with Gasteiger partial charge in [-0.2, -0.15) is 0 Å². The summed E-state index contributed by atoms with van der Waals surface area (Å²) in [4.78, 5) is 24.8. The maximum atomic E-state index is 12.8. The Hall–Kier alpha value is -2.10. The van der Waals surface area contributed by atoms with E-state index >= 15 is 0 Å². The van der Waals surface area contributed by atoms with Gasteiger partial charge in [0.25, 0.3) is 0 Å². The molecule has 1 aromatic carbocycles. The quantitative estimate of drug-likeness (QED) is 0.613. The Morgan fingerprint density at radius 3 is 2.24 bits per heavy atom. The first-order valence-corrected chi connectivity index (χ1v) is 9.19. The van der Waals surface area contributed by atoms with Crippen LogP contribution in [0.15, 0.2) is 42.5 Å². The maximum absolute atomic E-state index is 12.8. The average molecular weight is 342 g/mol. The van der Waals surface area contributed by atoms with Crippen LogP contribution in [0.3, 0.4) is 0 Å². The van der Waals surface area contributed by atoms with Crippen molar-refractivity contribution in [2.75, 3.05) is 7.11 Å². The van der Waals surface area contributed by atoms with Crippen LogP contribution in [-0.4, -0.2) is 25.2 Å². The van der Waals surface area contributed by atoms with Gasteiger partial charge >= 0.3 is 11.9 Å². The first-order valence-electron chi connectivity index (χ1n) is 9.19. The van der Waals surface area contributed by atoms with Crippen molar-refractivity contribution in [1.82, 2.24) is 0 Å². The number of ether oxygens (including phenoxy) is 2. The predicted octanol–water partition coefficient (Wildman–Crippen LogP) is 4.01. The van der Waals surface area contributed by atoms with E-state index in [-0.39, 0.29) is 24.0 Å². The second-order valence-corrected chi connectivity index (χ2v) is 6.96. The summed E-state index contributed by atoms with van der Waals surface area (Å²) in [5.74, 6) is -1.20. The molecule has 0 bridgehead atoms. The van der Waals surface area contributed by atoms with Crippen LogP contribution >= 0.6 is 0 Å². The lowest BCUT2D eigenvalue weighted by atomic mass is 9.80. The maximum Gasteiger partial charge on any atom is 0.310 e. The summed E-state index contributed by atoms with van der Waals surface area (Å²) < 4.78 is 10.8. The molecule has 0 heterocycles. The van der Waals surface area contributed by atoms with Crippen molar-refractivity contribution >= 4 is 11.9 Å². The van der Waals surface area contributed by atoms with Gasteiger partial charge in [0.15, 0.2) is 0 Å². The Labute approximate surface area is 149 Å². The van der Waals surface area contributed by atoms with Gasteiger partial charge in [-0.3, -0.25) is 9.59 Å². The number of carbonyl (C=O) groups is 2. The van der Waals surface area contributed by atoms with E-state index in [2.05, 4.69) is 12.1 Å². The lowest BCUT2D eigenvalue weighted by Crippen LogP contribution is -2.37. The van der Waals surface area contributed by atoms with Crippen molar-refractivity contribution in [1.29, 1.82) is 0 Å². The smallest absolute Gasteiger partial charge is 0.310 e. The minimum absolute atomic E-state index is 0.104. The molecule has 0 aromatic heterocycles. The fourth-order valence-corrected chi connectivity index (χ4v) is 4.04. The lowest BCUT2D eigenvalue weighted by molar-refractivity contribution is -0.165. The van der Waals surface area contributed by atoms with Gasteiger partial charge in [-0.15, -0.1) is 0 Å². The van der Waals surface area contributed by atoms with Gasteiger partial charge in [-0.05, 0) is 37.7 Å². The molecule has 25 heavy (non-hydrogen) atoms. The monoisotopic (exact) mass is 342 g/mol. The minimum atomic E-state index is -0.434. The summed E-state index contributed by atoms with van der Waals surface area (Å²) in [5, 5.41) is 0. The molecule has 0 saturated heterocycles. The lowest BCUT2D eigenvalue weighted by Gasteiger charge is -2.33. The zero-order valence-electron chi connectivity index (χ0n) is 14.7. The third kappa shape index (κ3) is 4.12. The highest BCUT2D eigenvalue weighted by atomic mass is 16.5. The molecule has 0 N–H and O–H groups in total. The highest BCUT2D eigenvalue weighted by molar-refractivity contribution is 5.82. The summed E-state index contributed by atoms with van der Waals surface area (Å²) in [5.41, 5.74) is 1.23. The molecule has 0 aliphatic heterocycles. The number of esters is 2. The number of allylic oxidation sites excluding steroid dienone is 2. The highest BCUT2D eigenvalue weighted by Gasteiger charge is 2.38. The fourth-order valence-electron chi connectivity index (χ4n) is 4.04. The number of rotatable bonds is 4. The summed E-state index contributed by atoms with van der Waals surface area (Å²) in [6.07, 6.45) is 9.04. The minimum Gasteiger partial charge on any atom is -0.469 e. The number of hydrogen-bond donors (Lipinski definition) is 0. The SMILES string of the molecule is COC(=O)[C@H]1CC=CC[C@H]1C(=O)O[C@@H]1CCCC[C@H]1c1ccccc1. The summed E-state index contributed by atoms with van der Waals surface area (Å²) in [7, 11) is 1.37. The first kappa shape index (κ1) is 17.7. The van der Waals surface area contributed by atoms with Crippen LogP contribution in [0.2, 0.25) is 0 Å². The molecular weight excluding hydrogens is 316 g/mol. The van der Waals surface area contributed by atoms with Gasteiger partial charge in [0.1, 0.15) is 6.10 Å². The second kappa shape index (κ2) is 8.32. The topological polar surface area (TPSA) is 52.6 Å². The molecule has 2 aliphatic carbocycles. The Morgan fingerprint density at radius 2 is 1.56 bits per heavy atom. The highest BCUT2D eigenvalue weighted by Crippen LogP contribution is 2.36. The summed E-state index contributed by atoms with van der Waals surface area (Å²) in [6, 6.07) is 10.3. The fraction of sp³-hybridized carbons (Fsp3) is 0.524. The third-order valence-electron chi connectivity index (χ3n) is 5.44. The van der Waals surface area contributed by atoms with E-state index in [4.69, 9.17) is 9.47 Å². The Bertz CT molecular complexity index is 622. The average Bonchev–Trinajstić information content (AvgIpc) is 2.68. The van der Waals surface area contributed by atoms with Gasteiger partial charge in [0, 0.05) is 5.92 Å². The van der Waals surface area contributed by atoms with Crippen LogP contribution in [-0.2, 0) is 19.1 Å². The molecule has 134 valence electrons. The number of benzene rings is 1. The van der Waals surface area contributed by atoms with Crippen molar-refractivity contribution in [2.45, 2.75) is 50.5 Å². The molecule has 0 unspecified atom stereocenters. The van der Waals surface area contributed by atoms with Crippen LogP contribution in [0.4, 0.5) is 0 Å². The van der Waals surface area contributed by atoms with Crippen molar-refractivity contribution in [2.24, 2.45) is 11.8 Å². The number of hydrogen-bond acceptors (Lipinski definition) is 4. The normalized spacial score (nSPS) is 29.0. The molecule has 0 spiro atoms. The molecular formula is C21H26O4. The standard InChI is InChI=1S/C21H26O4/c1-24-20(22)17-12-5-6-13-18(17)21(23)25-19-14-8-7-11-16(19)15-9-3-2-4-10-15/h2-6,9-10,16-19H,7-8,11-14H2,1H3/t16-,17-,18+,19+/m0/s1. The third-order valence-corrected chi connectivity index (χ3v) is 5.44. The van der Waals surface area contributed by atoms with E-state index in [0.717, 1.165) is 25.7 Å². The molecule has 0 radical (unpaired) electrons. The molecule has 4 heteroatoms. The molecule has 1 saturated carbocycles. The van der Waals surface area contributed by atoms with Crippen molar-refractivity contribution in [3.8, 4) is 0 Å². The molecule has 0 amide bonds. The van der Waals surface area contributed by atoms with Crippen LogP contribution in [0, 0.1) is 11.8 Å². The molecule has 1 aromatic rings. The molecule has 2 aliphatic rings. The van der Waals surface area contributed by atoms with Crippen LogP contribution in [0.5, 0.6) is 0 Å². The van der Waals surface area contributed by atoms with E-state index < -0.39 is 11.8 Å². The van der Waals surface area contributed by atoms with E-state index in [1.54, 1.807) is 0 Å². The van der Waals surface area contributed by atoms with Gasteiger partial charge in [0.2, 0.25) is 0 Å². The Balaban J connectivity index is 1.71. The molecule has 4 nitrogen and oxygen atoms in total. The second-order valence-electron chi connectivity index (χ2n) is 6.96. The van der Waals surface area contributed by atoms with Crippen LogP contribution in [0.25, 0.3) is 0 Å². The number of carbonyl (C=O) groups excluding carboxylic acids is 2. The van der Waals surface area contributed by atoms with Gasteiger partial charge in [0.05, 0.1) is 18.9 Å². The van der Waals surface area contributed by atoms with E-state index in [1.807, 2.05) is 30.4 Å². The Kier molecular flexibility index (Phi) is 5.90. The van der Waals surface area contributed by atoms with Crippen LogP contribution in [0.1, 0.15) is 50.0 Å². The zero-order valence-corrected chi connectivity index (χ0v) is 14.7. The van der Waals surface area contributed by atoms with Crippen molar-refractivity contribution < 1.29 is 19.1 Å². The van der Waals surface area contributed by atoms with Gasteiger partial charge in [-0.25, -0.2) is 0 Å². The molecule has 4 atom stereocenters. The van der Waals surface area contributed by atoms with Crippen molar-refractivity contribution in [3.05, 3.63) is 48.0 Å². The van der Waals surface area contributed by atoms with Gasteiger partial charge in [-0.1, -0.05) is 48.9 Å².